The van der Waals surface area contributed by atoms with Gasteiger partial charge in [-0.25, -0.2) is 4.39 Å². The van der Waals surface area contributed by atoms with E-state index < -0.39 is 0 Å². The molecule has 1 aliphatic rings. The molecule has 1 aromatic rings. The Morgan fingerprint density at radius 1 is 1.58 bits per heavy atom. The third kappa shape index (κ3) is 3.46. The second-order valence-corrected chi connectivity index (χ2v) is 5.72. The fourth-order valence-corrected chi connectivity index (χ4v) is 2.66. The second kappa shape index (κ2) is 6.20. The highest BCUT2D eigenvalue weighted by atomic mass is 79.9. The molecule has 0 N–H and O–H groups in total. The number of carbonyl (C=O) groups excluding carboxylic acids is 1. The van der Waals surface area contributed by atoms with E-state index in [1.165, 1.54) is 18.2 Å². The molecule has 104 valence electrons. The number of ether oxygens (including phenoxy) is 1. The van der Waals surface area contributed by atoms with E-state index in [0.717, 1.165) is 0 Å². The quantitative estimate of drug-likeness (QED) is 0.767. The number of halogens is 3. The first kappa shape index (κ1) is 14.8. The average molecular weight is 351 g/mol. The van der Waals surface area contributed by atoms with Gasteiger partial charge in [0.1, 0.15) is 5.82 Å². The van der Waals surface area contributed by atoms with Gasteiger partial charge in [0.2, 0.25) is 0 Å². The Hall–Kier alpha value is -0.650. The smallest absolute Gasteiger partial charge is 0.254 e. The number of morpholine rings is 1. The first-order chi connectivity index (χ1) is 9.01. The van der Waals surface area contributed by atoms with Crippen molar-refractivity contribution in [2.75, 3.05) is 19.0 Å². The zero-order chi connectivity index (χ0) is 14.0. The zero-order valence-electron chi connectivity index (χ0n) is 10.4. The van der Waals surface area contributed by atoms with Crippen LogP contribution in [0.25, 0.3) is 0 Å². The van der Waals surface area contributed by atoms with Crippen LogP contribution in [0.2, 0.25) is 0 Å². The topological polar surface area (TPSA) is 29.5 Å². The Bertz CT molecular complexity index is 486. The molecule has 1 aromatic carbocycles. The van der Waals surface area contributed by atoms with Crippen LogP contribution in [0.3, 0.4) is 0 Å². The van der Waals surface area contributed by atoms with Gasteiger partial charge >= 0.3 is 0 Å². The van der Waals surface area contributed by atoms with Crippen LogP contribution in [0.4, 0.5) is 4.39 Å². The Morgan fingerprint density at radius 3 is 2.95 bits per heavy atom. The van der Waals surface area contributed by atoms with E-state index in [1.54, 1.807) is 4.90 Å². The minimum Gasteiger partial charge on any atom is -0.370 e. The molecule has 6 heteroatoms. The van der Waals surface area contributed by atoms with Gasteiger partial charge in [0, 0.05) is 18.7 Å². The van der Waals surface area contributed by atoms with Crippen molar-refractivity contribution in [1.29, 1.82) is 0 Å². The number of rotatable bonds is 2. The van der Waals surface area contributed by atoms with Crippen molar-refractivity contribution in [2.45, 2.75) is 19.1 Å². The maximum absolute atomic E-state index is 13.2. The Labute approximate surface area is 124 Å². The predicted octanol–water partition coefficient (Wildman–Crippen LogP) is 3.06. The number of alkyl halides is 1. The molecule has 0 aliphatic carbocycles. The van der Waals surface area contributed by atoms with Crippen LogP contribution < -0.4 is 0 Å². The van der Waals surface area contributed by atoms with Gasteiger partial charge in [0.05, 0.1) is 22.6 Å². The van der Waals surface area contributed by atoms with E-state index in [4.69, 9.17) is 16.3 Å². The van der Waals surface area contributed by atoms with Gasteiger partial charge in [-0.05, 0) is 41.1 Å². The molecule has 0 radical (unpaired) electrons. The third-order valence-corrected chi connectivity index (χ3v) is 3.90. The van der Waals surface area contributed by atoms with Crippen LogP contribution in [0.1, 0.15) is 17.3 Å². The fraction of sp³-hybridized carbons (Fsp3) is 0.462. The highest BCUT2D eigenvalue weighted by Gasteiger charge is 2.28. The maximum atomic E-state index is 13.2. The van der Waals surface area contributed by atoms with Crippen molar-refractivity contribution < 1.29 is 13.9 Å². The number of hydrogen-bond donors (Lipinski definition) is 0. The Kier molecular flexibility index (Phi) is 4.81. The van der Waals surface area contributed by atoms with Crippen LogP contribution in [0.5, 0.6) is 0 Å². The fourth-order valence-electron chi connectivity index (χ4n) is 2.11. The molecule has 0 saturated carbocycles. The molecule has 1 amide bonds. The summed E-state index contributed by atoms with van der Waals surface area (Å²) in [6, 6.07) is 4.26. The average Bonchev–Trinajstić information content (AvgIpc) is 2.40. The van der Waals surface area contributed by atoms with Crippen molar-refractivity contribution in [2.24, 2.45) is 0 Å². The molecule has 1 aliphatic heterocycles. The molecule has 1 heterocycles. The minimum absolute atomic E-state index is 0.0506. The van der Waals surface area contributed by atoms with E-state index >= 15 is 0 Å². The lowest BCUT2D eigenvalue weighted by molar-refractivity contribution is -0.0570. The lowest BCUT2D eigenvalue weighted by Gasteiger charge is -2.36. The summed E-state index contributed by atoms with van der Waals surface area (Å²) in [5.74, 6) is -0.169. The van der Waals surface area contributed by atoms with Crippen molar-refractivity contribution in [3.05, 3.63) is 34.1 Å². The predicted molar refractivity (Wildman–Crippen MR) is 75.1 cm³/mol. The summed E-state index contributed by atoms with van der Waals surface area (Å²) in [6.07, 6.45) is -0.205. The molecular formula is C13H14BrClFNO2. The lowest BCUT2D eigenvalue weighted by atomic mass is 10.1. The van der Waals surface area contributed by atoms with Gasteiger partial charge in [-0.1, -0.05) is 0 Å². The van der Waals surface area contributed by atoms with Gasteiger partial charge in [0.15, 0.2) is 0 Å². The number of nitrogens with zero attached hydrogens (tertiary/aromatic N) is 1. The van der Waals surface area contributed by atoms with Gasteiger partial charge in [0.25, 0.3) is 5.91 Å². The van der Waals surface area contributed by atoms with Gasteiger partial charge in [-0.15, -0.1) is 11.6 Å². The molecule has 1 saturated heterocycles. The normalized spacial score (nSPS) is 23.5. The van der Waals surface area contributed by atoms with Crippen LogP contribution >= 0.6 is 27.5 Å². The first-order valence-corrected chi connectivity index (χ1v) is 7.29. The van der Waals surface area contributed by atoms with Crippen molar-refractivity contribution in [3.63, 3.8) is 0 Å². The molecule has 2 rings (SSSR count). The molecule has 0 spiro atoms. The highest BCUT2D eigenvalue weighted by Crippen LogP contribution is 2.20. The van der Waals surface area contributed by atoms with Crippen LogP contribution in [-0.4, -0.2) is 42.0 Å². The van der Waals surface area contributed by atoms with E-state index in [0.29, 0.717) is 24.5 Å². The second-order valence-electron chi connectivity index (χ2n) is 4.56. The van der Waals surface area contributed by atoms with Gasteiger partial charge < -0.3 is 9.64 Å². The van der Waals surface area contributed by atoms with E-state index in [2.05, 4.69) is 15.9 Å². The summed E-state index contributed by atoms with van der Waals surface area (Å²) in [4.78, 5) is 14.0. The summed E-state index contributed by atoms with van der Waals surface area (Å²) in [5, 5.41) is 0. The molecule has 3 nitrogen and oxygen atoms in total. The number of benzene rings is 1. The molecular weight excluding hydrogens is 337 g/mol. The molecule has 1 fully saturated rings. The van der Waals surface area contributed by atoms with Gasteiger partial charge in [-0.2, -0.15) is 0 Å². The van der Waals surface area contributed by atoms with E-state index in [9.17, 15) is 9.18 Å². The van der Waals surface area contributed by atoms with Gasteiger partial charge in [-0.3, -0.25) is 4.79 Å². The number of carbonyl (C=O) groups is 1. The molecule has 19 heavy (non-hydrogen) atoms. The van der Waals surface area contributed by atoms with E-state index in [1.807, 2.05) is 6.92 Å². The summed E-state index contributed by atoms with van der Waals surface area (Å²) >= 11 is 8.87. The zero-order valence-corrected chi connectivity index (χ0v) is 12.7. The largest absolute Gasteiger partial charge is 0.370 e. The first-order valence-electron chi connectivity index (χ1n) is 5.97. The number of hydrogen-bond acceptors (Lipinski definition) is 2. The minimum atomic E-state index is -0.384. The van der Waals surface area contributed by atoms with Crippen molar-refractivity contribution >= 4 is 33.4 Å². The van der Waals surface area contributed by atoms with Crippen LogP contribution in [0.15, 0.2) is 22.7 Å². The standard InChI is InChI=1S/C13H14BrClFNO2/c1-8-6-17(7-10(5-15)19-8)13(18)9-2-3-12(16)11(14)4-9/h2-4,8,10H,5-7H2,1H3. The third-order valence-electron chi connectivity index (χ3n) is 2.95. The highest BCUT2D eigenvalue weighted by molar-refractivity contribution is 9.10. The summed E-state index contributed by atoms with van der Waals surface area (Å²) in [6.45, 7) is 2.88. The number of amides is 1. The van der Waals surface area contributed by atoms with E-state index in [-0.39, 0.29) is 28.4 Å². The van der Waals surface area contributed by atoms with Crippen molar-refractivity contribution in [1.82, 2.24) is 4.90 Å². The Morgan fingerprint density at radius 2 is 2.32 bits per heavy atom. The maximum Gasteiger partial charge on any atom is 0.254 e. The SMILES string of the molecule is CC1CN(C(=O)c2ccc(F)c(Br)c2)CC(CCl)O1. The summed E-state index contributed by atoms with van der Waals surface area (Å²) < 4.78 is 19.1. The molecule has 2 atom stereocenters. The Balaban J connectivity index is 2.16. The molecule has 0 bridgehead atoms. The van der Waals surface area contributed by atoms with Crippen LogP contribution in [0, 0.1) is 5.82 Å². The van der Waals surface area contributed by atoms with Crippen LogP contribution in [-0.2, 0) is 4.74 Å². The summed E-state index contributed by atoms with van der Waals surface area (Å²) in [5.41, 5.74) is 0.454. The van der Waals surface area contributed by atoms with Crippen molar-refractivity contribution in [3.8, 4) is 0 Å². The molecule has 2 unspecified atom stereocenters. The molecule has 0 aromatic heterocycles. The summed E-state index contributed by atoms with van der Waals surface area (Å²) in [7, 11) is 0. The monoisotopic (exact) mass is 349 g/mol. The lowest BCUT2D eigenvalue weighted by Crippen LogP contribution is -2.49.